The average Bonchev–Trinajstić information content (AvgIpc) is 3.39. The predicted molar refractivity (Wildman–Crippen MR) is 154 cm³/mol. The van der Waals surface area contributed by atoms with Crippen LogP contribution in [0.1, 0.15) is 39.7 Å². The number of aromatic nitrogens is 5. The van der Waals surface area contributed by atoms with Crippen molar-refractivity contribution in [1.82, 2.24) is 30.1 Å². The van der Waals surface area contributed by atoms with Crippen LogP contribution in [0.5, 0.6) is 0 Å². The molecule has 0 saturated carbocycles. The van der Waals surface area contributed by atoms with Crippen LogP contribution in [0.15, 0.2) is 77.6 Å². The molecule has 6 rings (SSSR count). The predicted octanol–water partition coefficient (Wildman–Crippen LogP) is 4.40. The zero-order chi connectivity index (χ0) is 26.9. The molecule has 1 aliphatic rings. The first kappa shape index (κ1) is 25.0. The van der Waals surface area contributed by atoms with Gasteiger partial charge >= 0.3 is 0 Å². The molecule has 1 unspecified atom stereocenters. The molecule has 198 valence electrons. The van der Waals surface area contributed by atoms with Gasteiger partial charge in [-0.1, -0.05) is 60.7 Å². The number of hydrogen-bond acceptors (Lipinski definition) is 6. The molecule has 0 bridgehead atoms. The van der Waals surface area contributed by atoms with Crippen molar-refractivity contribution in [2.75, 3.05) is 31.1 Å². The van der Waals surface area contributed by atoms with E-state index in [0.717, 1.165) is 48.2 Å². The zero-order valence-electron chi connectivity index (χ0n) is 22.6. The van der Waals surface area contributed by atoms with Gasteiger partial charge in [-0.2, -0.15) is 0 Å². The molecule has 3 aromatic carbocycles. The van der Waals surface area contributed by atoms with Crippen molar-refractivity contribution >= 4 is 16.6 Å². The van der Waals surface area contributed by atoms with Crippen molar-refractivity contribution in [2.45, 2.75) is 33.4 Å². The Morgan fingerprint density at radius 3 is 2.46 bits per heavy atom. The molecule has 0 amide bonds. The Bertz CT molecular complexity index is 1670. The summed E-state index contributed by atoms with van der Waals surface area (Å²) < 4.78 is 1.83. The molecule has 5 aromatic rings. The Morgan fingerprint density at radius 2 is 1.67 bits per heavy atom. The summed E-state index contributed by atoms with van der Waals surface area (Å²) in [6.45, 7) is 10.1. The van der Waals surface area contributed by atoms with Gasteiger partial charge < -0.3 is 9.88 Å². The summed E-state index contributed by atoms with van der Waals surface area (Å²) in [5, 5.41) is 13.9. The second-order valence-electron chi connectivity index (χ2n) is 10.5. The third-order valence-electron chi connectivity index (χ3n) is 7.78. The molecule has 1 N–H and O–H groups in total. The van der Waals surface area contributed by atoms with Crippen LogP contribution in [0.2, 0.25) is 0 Å². The molecule has 1 atom stereocenters. The van der Waals surface area contributed by atoms with Gasteiger partial charge in [0, 0.05) is 37.4 Å². The molecule has 1 saturated heterocycles. The maximum atomic E-state index is 13.6. The van der Waals surface area contributed by atoms with Crippen molar-refractivity contribution in [3.63, 3.8) is 0 Å². The third-order valence-corrected chi connectivity index (χ3v) is 7.78. The van der Waals surface area contributed by atoms with Gasteiger partial charge in [-0.15, -0.1) is 5.10 Å². The van der Waals surface area contributed by atoms with Crippen LogP contribution in [0, 0.1) is 20.8 Å². The van der Waals surface area contributed by atoms with Crippen LogP contribution >= 0.6 is 0 Å². The summed E-state index contributed by atoms with van der Waals surface area (Å²) >= 11 is 0. The van der Waals surface area contributed by atoms with Crippen LogP contribution < -0.4 is 10.5 Å². The molecule has 0 spiro atoms. The minimum atomic E-state index is -0.377. The number of aryl methyl sites for hydroxylation is 3. The van der Waals surface area contributed by atoms with E-state index in [4.69, 9.17) is 0 Å². The van der Waals surface area contributed by atoms with Gasteiger partial charge in [-0.05, 0) is 71.0 Å². The second kappa shape index (κ2) is 10.5. The van der Waals surface area contributed by atoms with Gasteiger partial charge in [0.25, 0.3) is 5.56 Å². The highest BCUT2D eigenvalue weighted by molar-refractivity contribution is 5.82. The van der Waals surface area contributed by atoms with Gasteiger partial charge in [0.15, 0.2) is 5.82 Å². The van der Waals surface area contributed by atoms with Crippen LogP contribution in [0.25, 0.3) is 10.9 Å². The van der Waals surface area contributed by atoms with E-state index in [1.165, 1.54) is 16.8 Å². The number of para-hydroxylation sites is 1. The van der Waals surface area contributed by atoms with Crippen molar-refractivity contribution < 1.29 is 0 Å². The average molecular weight is 520 g/mol. The van der Waals surface area contributed by atoms with Crippen molar-refractivity contribution in [3.05, 3.63) is 117 Å². The van der Waals surface area contributed by atoms with Crippen LogP contribution in [0.4, 0.5) is 5.69 Å². The van der Waals surface area contributed by atoms with Gasteiger partial charge in [0.05, 0.1) is 12.1 Å². The number of benzene rings is 3. The summed E-state index contributed by atoms with van der Waals surface area (Å²) in [6, 6.07) is 24.5. The molecule has 39 heavy (non-hydrogen) atoms. The number of nitrogens with zero attached hydrogens (tertiary/aromatic N) is 6. The maximum absolute atomic E-state index is 13.6. The largest absolute Gasteiger partial charge is 0.369 e. The summed E-state index contributed by atoms with van der Waals surface area (Å²) in [6.07, 6.45) is 0. The molecular weight excluding hydrogens is 486 g/mol. The van der Waals surface area contributed by atoms with E-state index in [2.05, 4.69) is 74.5 Å². The molecule has 0 radical (unpaired) electrons. The van der Waals surface area contributed by atoms with Crippen molar-refractivity contribution in [2.24, 2.45) is 0 Å². The molecule has 1 fully saturated rings. The van der Waals surface area contributed by atoms with Gasteiger partial charge in [0.2, 0.25) is 0 Å². The van der Waals surface area contributed by atoms with Crippen molar-refractivity contribution in [1.29, 1.82) is 0 Å². The van der Waals surface area contributed by atoms with Crippen LogP contribution in [-0.4, -0.2) is 56.3 Å². The summed E-state index contributed by atoms with van der Waals surface area (Å²) in [7, 11) is 0. The Labute approximate surface area is 227 Å². The van der Waals surface area contributed by atoms with E-state index in [-0.39, 0.29) is 11.6 Å². The quantitative estimate of drug-likeness (QED) is 0.358. The number of pyridine rings is 1. The normalized spacial score (nSPS) is 15.1. The van der Waals surface area contributed by atoms with E-state index >= 15 is 0 Å². The monoisotopic (exact) mass is 519 g/mol. The van der Waals surface area contributed by atoms with E-state index in [9.17, 15) is 4.79 Å². The fourth-order valence-electron chi connectivity index (χ4n) is 5.66. The maximum Gasteiger partial charge on any atom is 0.253 e. The summed E-state index contributed by atoms with van der Waals surface area (Å²) in [4.78, 5) is 21.6. The standard InChI is InChI=1S/C31H33N7O/c1-21-12-13-22(2)27(18-21)36-14-16-37(17-15-36)29(26-19-25-11-7-8-23(3)28(25)32-31(26)39)30-33-34-35-38(30)20-24-9-5-4-6-10-24/h4-13,18-19,29H,14-17,20H2,1-3H3,(H,32,39). The Hall–Kier alpha value is -4.30. The minimum Gasteiger partial charge on any atom is -0.369 e. The van der Waals surface area contributed by atoms with Crippen LogP contribution in [0.3, 0.4) is 0 Å². The SMILES string of the molecule is Cc1ccc(C)c(N2CCN(C(c3cc4cccc(C)c4[nH]c3=O)c3nnnn3Cc3ccccc3)CC2)c1. The van der Waals surface area contributed by atoms with Gasteiger partial charge in [-0.3, -0.25) is 9.69 Å². The highest BCUT2D eigenvalue weighted by Gasteiger charge is 2.33. The zero-order valence-corrected chi connectivity index (χ0v) is 22.6. The molecule has 0 aliphatic carbocycles. The Balaban J connectivity index is 1.39. The number of H-pyrrole nitrogens is 1. The van der Waals surface area contributed by atoms with Gasteiger partial charge in [0.1, 0.15) is 6.04 Å². The first-order valence-electron chi connectivity index (χ1n) is 13.5. The number of tetrazole rings is 1. The number of aromatic amines is 1. The fourth-order valence-corrected chi connectivity index (χ4v) is 5.66. The second-order valence-corrected chi connectivity index (χ2v) is 10.5. The number of fused-ring (bicyclic) bond motifs is 1. The molecule has 1 aliphatic heterocycles. The molecule has 8 heteroatoms. The molecular formula is C31H33N7O. The molecule has 2 aromatic heterocycles. The highest BCUT2D eigenvalue weighted by Crippen LogP contribution is 2.30. The number of rotatable bonds is 6. The third kappa shape index (κ3) is 4.95. The topological polar surface area (TPSA) is 82.9 Å². The summed E-state index contributed by atoms with van der Waals surface area (Å²) in [5.41, 5.74) is 7.39. The van der Waals surface area contributed by atoms with E-state index in [1.54, 1.807) is 0 Å². The lowest BCUT2D eigenvalue weighted by Crippen LogP contribution is -2.49. The first-order chi connectivity index (χ1) is 19.0. The van der Waals surface area contributed by atoms with Crippen LogP contribution in [-0.2, 0) is 6.54 Å². The van der Waals surface area contributed by atoms with E-state index in [1.807, 2.05) is 54.1 Å². The first-order valence-corrected chi connectivity index (χ1v) is 13.5. The number of nitrogens with one attached hydrogen (secondary N) is 1. The molecule has 3 heterocycles. The van der Waals surface area contributed by atoms with Crippen molar-refractivity contribution in [3.8, 4) is 0 Å². The summed E-state index contributed by atoms with van der Waals surface area (Å²) in [5.74, 6) is 0.677. The lowest BCUT2D eigenvalue weighted by atomic mass is 10.0. The lowest BCUT2D eigenvalue weighted by Gasteiger charge is -2.40. The highest BCUT2D eigenvalue weighted by atomic mass is 16.1. The number of hydrogen-bond donors (Lipinski definition) is 1. The number of piperazine rings is 1. The fraction of sp³-hybridized carbons (Fsp3) is 0.290. The lowest BCUT2D eigenvalue weighted by molar-refractivity contribution is 0.200. The van der Waals surface area contributed by atoms with E-state index in [0.29, 0.717) is 17.9 Å². The smallest absolute Gasteiger partial charge is 0.253 e. The molecule has 8 nitrogen and oxygen atoms in total. The number of anilines is 1. The Morgan fingerprint density at radius 1 is 0.872 bits per heavy atom. The van der Waals surface area contributed by atoms with E-state index < -0.39 is 0 Å². The minimum absolute atomic E-state index is 0.104. The Kier molecular flexibility index (Phi) is 6.70. The van der Waals surface area contributed by atoms with Gasteiger partial charge in [-0.25, -0.2) is 4.68 Å².